The molecule has 0 aliphatic heterocycles. The highest BCUT2D eigenvalue weighted by Gasteiger charge is 2.09. The monoisotopic (exact) mass is 288 g/mol. The van der Waals surface area contributed by atoms with E-state index in [0.29, 0.717) is 16.1 Å². The van der Waals surface area contributed by atoms with Crippen molar-refractivity contribution in [3.05, 3.63) is 52.0 Å². The second kappa shape index (κ2) is 6.12. The first-order valence-electron chi connectivity index (χ1n) is 5.78. The highest BCUT2D eigenvalue weighted by molar-refractivity contribution is 7.11. The zero-order valence-corrected chi connectivity index (χ0v) is 11.5. The average molecular weight is 288 g/mol. The van der Waals surface area contributed by atoms with Crippen molar-refractivity contribution in [1.82, 2.24) is 4.98 Å². The van der Waals surface area contributed by atoms with Gasteiger partial charge in [-0.3, -0.25) is 9.78 Å². The predicted octanol–water partition coefficient (Wildman–Crippen LogP) is 2.80. The fraction of sp³-hybridized carbons (Fsp3) is 0.0714. The van der Waals surface area contributed by atoms with Crippen LogP contribution in [-0.4, -0.2) is 22.0 Å². The molecule has 2 N–H and O–H groups in total. The van der Waals surface area contributed by atoms with Crippen molar-refractivity contribution in [3.8, 4) is 0 Å². The quantitative estimate of drug-likeness (QED) is 0.848. The molecule has 0 aliphatic rings. The SMILES string of the molecule is Cc1ccncc1NC(=O)c1csc(C=CC(=O)O)c1. The van der Waals surface area contributed by atoms with Gasteiger partial charge in [0.25, 0.3) is 5.91 Å². The zero-order valence-electron chi connectivity index (χ0n) is 10.7. The summed E-state index contributed by atoms with van der Waals surface area (Å²) in [4.78, 5) is 27.1. The number of hydrogen-bond donors (Lipinski definition) is 2. The lowest BCUT2D eigenvalue weighted by molar-refractivity contribution is -0.131. The van der Waals surface area contributed by atoms with Crippen molar-refractivity contribution in [2.24, 2.45) is 0 Å². The molecule has 0 fully saturated rings. The van der Waals surface area contributed by atoms with E-state index >= 15 is 0 Å². The van der Waals surface area contributed by atoms with Gasteiger partial charge in [-0.1, -0.05) is 0 Å². The molecule has 20 heavy (non-hydrogen) atoms. The maximum atomic E-state index is 12.0. The number of nitrogens with one attached hydrogen (secondary N) is 1. The summed E-state index contributed by atoms with van der Waals surface area (Å²) in [7, 11) is 0. The third-order valence-corrected chi connectivity index (χ3v) is 3.46. The summed E-state index contributed by atoms with van der Waals surface area (Å²) in [5.74, 6) is -1.26. The van der Waals surface area contributed by atoms with Gasteiger partial charge < -0.3 is 10.4 Å². The summed E-state index contributed by atoms with van der Waals surface area (Å²) < 4.78 is 0. The Labute approximate surface area is 119 Å². The molecule has 0 bridgehead atoms. The summed E-state index contributed by atoms with van der Waals surface area (Å²) in [6, 6.07) is 3.45. The smallest absolute Gasteiger partial charge is 0.328 e. The van der Waals surface area contributed by atoms with Crippen molar-refractivity contribution < 1.29 is 14.7 Å². The van der Waals surface area contributed by atoms with Crippen molar-refractivity contribution in [3.63, 3.8) is 0 Å². The van der Waals surface area contributed by atoms with Gasteiger partial charge in [0, 0.05) is 22.5 Å². The molecule has 0 atom stereocenters. The number of carbonyl (C=O) groups is 2. The number of aromatic nitrogens is 1. The molecule has 0 aliphatic carbocycles. The number of hydrogen-bond acceptors (Lipinski definition) is 4. The minimum Gasteiger partial charge on any atom is -0.478 e. The van der Waals surface area contributed by atoms with Crippen molar-refractivity contribution in [2.45, 2.75) is 6.92 Å². The number of carbonyl (C=O) groups excluding carboxylic acids is 1. The predicted molar refractivity (Wildman–Crippen MR) is 77.9 cm³/mol. The Balaban J connectivity index is 2.10. The third-order valence-electron chi connectivity index (χ3n) is 2.56. The number of thiophene rings is 1. The van der Waals surface area contributed by atoms with E-state index in [1.54, 1.807) is 23.8 Å². The summed E-state index contributed by atoms with van der Waals surface area (Å²) >= 11 is 1.31. The molecule has 5 nitrogen and oxygen atoms in total. The fourth-order valence-corrected chi connectivity index (χ4v) is 2.28. The van der Waals surface area contributed by atoms with E-state index < -0.39 is 5.97 Å². The first-order chi connectivity index (χ1) is 9.56. The van der Waals surface area contributed by atoms with Crippen LogP contribution in [0.1, 0.15) is 20.8 Å². The Morgan fingerprint density at radius 3 is 2.95 bits per heavy atom. The number of aryl methyl sites for hydroxylation is 1. The van der Waals surface area contributed by atoms with Gasteiger partial charge in [0.15, 0.2) is 0 Å². The first-order valence-corrected chi connectivity index (χ1v) is 6.66. The van der Waals surface area contributed by atoms with Gasteiger partial charge >= 0.3 is 5.97 Å². The molecule has 102 valence electrons. The number of carboxylic acids is 1. The van der Waals surface area contributed by atoms with Crippen LogP contribution in [0, 0.1) is 6.92 Å². The second-order valence-corrected chi connectivity index (χ2v) is 5.00. The highest BCUT2D eigenvalue weighted by Crippen LogP contribution is 2.19. The van der Waals surface area contributed by atoms with Gasteiger partial charge in [-0.2, -0.15) is 0 Å². The Morgan fingerprint density at radius 2 is 2.25 bits per heavy atom. The lowest BCUT2D eigenvalue weighted by Gasteiger charge is -2.05. The van der Waals surface area contributed by atoms with Gasteiger partial charge in [-0.15, -0.1) is 11.3 Å². The van der Waals surface area contributed by atoms with E-state index in [2.05, 4.69) is 10.3 Å². The molecule has 6 heteroatoms. The standard InChI is InChI=1S/C14H12N2O3S/c1-9-4-5-15-7-12(9)16-14(19)10-6-11(20-8-10)2-3-13(17)18/h2-8H,1H3,(H,16,19)(H,17,18). The van der Waals surface area contributed by atoms with Crippen LogP contribution in [0.2, 0.25) is 0 Å². The largest absolute Gasteiger partial charge is 0.478 e. The third kappa shape index (κ3) is 3.52. The molecule has 2 rings (SSSR count). The van der Waals surface area contributed by atoms with E-state index in [9.17, 15) is 9.59 Å². The highest BCUT2D eigenvalue weighted by atomic mass is 32.1. The minimum atomic E-state index is -1.02. The molecule has 1 amide bonds. The molecule has 0 radical (unpaired) electrons. The summed E-state index contributed by atoms with van der Waals surface area (Å²) in [6.07, 6.45) is 5.74. The summed E-state index contributed by atoms with van der Waals surface area (Å²) in [5.41, 5.74) is 2.07. The van der Waals surface area contributed by atoms with Gasteiger partial charge in [0.1, 0.15) is 0 Å². The number of carboxylic acid groups (broad SMARTS) is 1. The van der Waals surface area contributed by atoms with Crippen LogP contribution in [0.3, 0.4) is 0 Å². The van der Waals surface area contributed by atoms with E-state index in [1.807, 2.05) is 13.0 Å². The minimum absolute atomic E-state index is 0.243. The lowest BCUT2D eigenvalue weighted by Crippen LogP contribution is -2.11. The van der Waals surface area contributed by atoms with E-state index in [4.69, 9.17) is 5.11 Å². The molecule has 0 unspecified atom stereocenters. The van der Waals surface area contributed by atoms with E-state index in [1.165, 1.54) is 17.4 Å². The van der Waals surface area contributed by atoms with Gasteiger partial charge in [-0.25, -0.2) is 4.79 Å². The summed E-state index contributed by atoms with van der Waals surface area (Å²) in [5, 5.41) is 13.0. The molecule has 2 aromatic heterocycles. The lowest BCUT2D eigenvalue weighted by atomic mass is 10.2. The van der Waals surface area contributed by atoms with Gasteiger partial charge in [0.2, 0.25) is 0 Å². The van der Waals surface area contributed by atoms with Crippen molar-refractivity contribution in [2.75, 3.05) is 5.32 Å². The van der Waals surface area contributed by atoms with Crippen LogP contribution in [0.25, 0.3) is 6.08 Å². The van der Waals surface area contributed by atoms with Gasteiger partial charge in [-0.05, 0) is 30.7 Å². The van der Waals surface area contributed by atoms with Crippen LogP contribution in [-0.2, 0) is 4.79 Å². The molecular weight excluding hydrogens is 276 g/mol. The second-order valence-electron chi connectivity index (χ2n) is 4.05. The molecule has 0 saturated heterocycles. The number of anilines is 1. The molecule has 0 aromatic carbocycles. The molecule has 2 heterocycles. The molecule has 0 spiro atoms. The maximum absolute atomic E-state index is 12.0. The molecular formula is C14H12N2O3S. The van der Waals surface area contributed by atoms with E-state index in [-0.39, 0.29) is 5.91 Å². The Morgan fingerprint density at radius 1 is 1.45 bits per heavy atom. The van der Waals surface area contributed by atoms with Crippen LogP contribution in [0.4, 0.5) is 5.69 Å². The van der Waals surface area contributed by atoms with Crippen LogP contribution < -0.4 is 5.32 Å². The number of amides is 1. The Hall–Kier alpha value is -2.47. The number of nitrogens with zero attached hydrogens (tertiary/aromatic N) is 1. The molecule has 2 aromatic rings. The van der Waals surface area contributed by atoms with E-state index in [0.717, 1.165) is 11.6 Å². The van der Waals surface area contributed by atoms with Crippen molar-refractivity contribution >= 4 is 35.0 Å². The average Bonchev–Trinajstić information content (AvgIpc) is 2.88. The van der Waals surface area contributed by atoms with Crippen LogP contribution >= 0.6 is 11.3 Å². The van der Waals surface area contributed by atoms with Crippen LogP contribution in [0.5, 0.6) is 0 Å². The number of aliphatic carboxylic acids is 1. The first kappa shape index (κ1) is 14.0. The zero-order chi connectivity index (χ0) is 14.5. The van der Waals surface area contributed by atoms with Crippen molar-refractivity contribution in [1.29, 1.82) is 0 Å². The fourth-order valence-electron chi connectivity index (χ4n) is 1.50. The normalized spacial score (nSPS) is 10.7. The van der Waals surface area contributed by atoms with Gasteiger partial charge in [0.05, 0.1) is 17.4 Å². The molecule has 0 saturated carbocycles. The van der Waals surface area contributed by atoms with Crippen LogP contribution in [0.15, 0.2) is 36.0 Å². The number of rotatable bonds is 4. The summed E-state index contributed by atoms with van der Waals surface area (Å²) in [6.45, 7) is 1.88. The Bertz CT molecular complexity index is 677. The topological polar surface area (TPSA) is 79.3 Å². The number of pyridine rings is 1. The maximum Gasteiger partial charge on any atom is 0.328 e. The Kier molecular flexibility index (Phi) is 4.27.